The zero-order valence-electron chi connectivity index (χ0n) is 20.4. The molecule has 0 heterocycles. The lowest BCUT2D eigenvalue weighted by Gasteiger charge is -2.60. The molecule has 4 aliphatic carbocycles. The lowest BCUT2D eigenvalue weighted by Crippen LogP contribution is -2.54. The molecule has 8 heteroatoms. The standard InChI is InChI=1S/C26H39NO6S/c1-25-11-9-16(28)13-15(25)3-4-17-18-5-6-21(26(18,2)12-10-19(17)25)33-23(30)8-7-22(29)27-20(14-34)24(31)32/h15,17-21,34H,3-14H2,1-2H3,(H,27,29)(H,31,32)/t15-,17-,18-,19+,20+,21+,25+,26+/m1/s1. The van der Waals surface area contributed by atoms with E-state index in [9.17, 15) is 19.2 Å². The van der Waals surface area contributed by atoms with Gasteiger partial charge in [-0.25, -0.2) is 4.79 Å². The third kappa shape index (κ3) is 4.63. The monoisotopic (exact) mass is 493 g/mol. The molecule has 4 saturated carbocycles. The summed E-state index contributed by atoms with van der Waals surface area (Å²) in [4.78, 5) is 47.8. The van der Waals surface area contributed by atoms with Crippen LogP contribution in [0.2, 0.25) is 0 Å². The van der Waals surface area contributed by atoms with Gasteiger partial charge in [0.05, 0.1) is 6.42 Å². The van der Waals surface area contributed by atoms with Crippen molar-refractivity contribution in [2.24, 2.45) is 34.5 Å². The average molecular weight is 494 g/mol. The van der Waals surface area contributed by atoms with E-state index in [0.29, 0.717) is 29.5 Å². The van der Waals surface area contributed by atoms with Crippen molar-refractivity contribution in [3.63, 3.8) is 0 Å². The number of carbonyl (C=O) groups excluding carboxylic acids is 3. The van der Waals surface area contributed by atoms with Gasteiger partial charge in [0.2, 0.25) is 5.91 Å². The Morgan fingerprint density at radius 3 is 2.50 bits per heavy atom. The molecule has 0 aromatic carbocycles. The van der Waals surface area contributed by atoms with Gasteiger partial charge in [-0.3, -0.25) is 14.4 Å². The fourth-order valence-corrected chi connectivity index (χ4v) is 8.32. The van der Waals surface area contributed by atoms with Crippen LogP contribution in [0, 0.1) is 34.5 Å². The number of nitrogens with one attached hydrogen (secondary N) is 1. The average Bonchev–Trinajstić information content (AvgIpc) is 3.12. The minimum atomic E-state index is -1.14. The number of esters is 1. The zero-order chi connectivity index (χ0) is 24.7. The first-order valence-corrected chi connectivity index (χ1v) is 13.6. The molecule has 4 fully saturated rings. The van der Waals surface area contributed by atoms with Gasteiger partial charge in [-0.1, -0.05) is 13.8 Å². The first-order chi connectivity index (χ1) is 16.1. The van der Waals surface area contributed by atoms with Gasteiger partial charge < -0.3 is 15.2 Å². The van der Waals surface area contributed by atoms with E-state index in [1.165, 1.54) is 6.42 Å². The van der Waals surface area contributed by atoms with Crippen LogP contribution in [0.4, 0.5) is 0 Å². The molecule has 7 nitrogen and oxygen atoms in total. The smallest absolute Gasteiger partial charge is 0.327 e. The number of ketones is 1. The minimum absolute atomic E-state index is 0.00834. The van der Waals surface area contributed by atoms with E-state index in [1.54, 1.807) is 0 Å². The highest BCUT2D eigenvalue weighted by atomic mass is 32.1. The fraction of sp³-hybridized carbons (Fsp3) is 0.846. The molecule has 0 aromatic heterocycles. The van der Waals surface area contributed by atoms with Crippen LogP contribution < -0.4 is 5.32 Å². The molecular formula is C26H39NO6S. The van der Waals surface area contributed by atoms with Crippen molar-refractivity contribution in [1.82, 2.24) is 5.32 Å². The van der Waals surface area contributed by atoms with Crippen LogP contribution in [0.3, 0.4) is 0 Å². The third-order valence-corrected chi connectivity index (χ3v) is 10.4. The summed E-state index contributed by atoms with van der Waals surface area (Å²) in [6.45, 7) is 4.72. The Kier molecular flexibility index (Phi) is 7.37. The van der Waals surface area contributed by atoms with Gasteiger partial charge in [-0.15, -0.1) is 0 Å². The van der Waals surface area contributed by atoms with E-state index < -0.39 is 17.9 Å². The van der Waals surface area contributed by atoms with Gasteiger partial charge in [-0.05, 0) is 74.0 Å². The second kappa shape index (κ2) is 9.82. The Hall–Kier alpha value is -1.57. The number of ether oxygens (including phenoxy) is 1. The van der Waals surface area contributed by atoms with Crippen LogP contribution in [-0.4, -0.2) is 46.6 Å². The Morgan fingerprint density at radius 2 is 1.79 bits per heavy atom. The van der Waals surface area contributed by atoms with Crippen LogP contribution in [0.1, 0.15) is 84.5 Å². The SMILES string of the molecule is C[C@]12CCC(=O)C[C@H]1CC[C@@H]1[C@H]3CC[C@H](OC(=O)CCC(=O)N[C@@H](CS)C(=O)O)[C@@]3(C)CC[C@@H]12. The Labute approximate surface area is 207 Å². The maximum Gasteiger partial charge on any atom is 0.327 e. The van der Waals surface area contributed by atoms with E-state index >= 15 is 0 Å². The Balaban J connectivity index is 1.34. The number of carbonyl (C=O) groups is 4. The van der Waals surface area contributed by atoms with Gasteiger partial charge in [-0.2, -0.15) is 12.6 Å². The van der Waals surface area contributed by atoms with Gasteiger partial charge in [0.15, 0.2) is 0 Å². The van der Waals surface area contributed by atoms with Crippen molar-refractivity contribution < 1.29 is 29.0 Å². The molecule has 4 rings (SSSR count). The first-order valence-electron chi connectivity index (χ1n) is 12.9. The lowest BCUT2D eigenvalue weighted by molar-refractivity contribution is -0.164. The number of Topliss-reactive ketones (excluding diaryl/α,β-unsaturated/α-hetero) is 1. The molecule has 8 atom stereocenters. The number of carboxylic acid groups (broad SMARTS) is 1. The molecule has 0 spiro atoms. The number of aliphatic carboxylic acids is 1. The number of hydrogen-bond donors (Lipinski definition) is 3. The number of carboxylic acids is 1. The molecule has 1 amide bonds. The fourth-order valence-electron chi connectivity index (χ4n) is 8.08. The lowest BCUT2D eigenvalue weighted by atomic mass is 9.45. The molecule has 0 aromatic rings. The minimum Gasteiger partial charge on any atom is -0.480 e. The van der Waals surface area contributed by atoms with E-state index in [0.717, 1.165) is 51.4 Å². The van der Waals surface area contributed by atoms with Crippen molar-refractivity contribution in [1.29, 1.82) is 0 Å². The largest absolute Gasteiger partial charge is 0.480 e. The van der Waals surface area contributed by atoms with Crippen molar-refractivity contribution in [2.75, 3.05) is 5.75 Å². The Bertz CT molecular complexity index is 847. The van der Waals surface area contributed by atoms with Crippen molar-refractivity contribution in [3.05, 3.63) is 0 Å². The predicted molar refractivity (Wildman–Crippen MR) is 129 cm³/mol. The maximum absolute atomic E-state index is 12.6. The van der Waals surface area contributed by atoms with Crippen molar-refractivity contribution >= 4 is 36.3 Å². The van der Waals surface area contributed by atoms with Crippen LogP contribution in [0.5, 0.6) is 0 Å². The van der Waals surface area contributed by atoms with Gasteiger partial charge in [0.1, 0.15) is 17.9 Å². The summed E-state index contributed by atoms with van der Waals surface area (Å²) in [6, 6.07) is -1.06. The summed E-state index contributed by atoms with van der Waals surface area (Å²) in [7, 11) is 0. The molecule has 0 radical (unpaired) electrons. The highest BCUT2D eigenvalue weighted by Crippen LogP contribution is 2.66. The molecule has 4 aliphatic rings. The van der Waals surface area contributed by atoms with Crippen LogP contribution in [0.15, 0.2) is 0 Å². The third-order valence-electron chi connectivity index (χ3n) is 10.0. The van der Waals surface area contributed by atoms with Crippen molar-refractivity contribution in [2.45, 2.75) is 96.6 Å². The summed E-state index contributed by atoms with van der Waals surface area (Å²) in [5, 5.41) is 11.4. The second-order valence-corrected chi connectivity index (χ2v) is 12.0. The second-order valence-electron chi connectivity index (χ2n) is 11.6. The summed E-state index contributed by atoms with van der Waals surface area (Å²) in [5.74, 6) is 0.779. The molecule has 0 unspecified atom stereocenters. The number of rotatable bonds is 7. The first kappa shape index (κ1) is 25.5. The van der Waals surface area contributed by atoms with E-state index in [-0.39, 0.29) is 41.5 Å². The Morgan fingerprint density at radius 1 is 1.06 bits per heavy atom. The highest BCUT2D eigenvalue weighted by molar-refractivity contribution is 7.80. The van der Waals surface area contributed by atoms with Gasteiger partial charge in [0.25, 0.3) is 0 Å². The summed E-state index contributed by atoms with van der Waals surface area (Å²) in [5.41, 5.74) is 0.230. The molecule has 190 valence electrons. The topological polar surface area (TPSA) is 110 Å². The number of fused-ring (bicyclic) bond motifs is 5. The molecular weight excluding hydrogens is 454 g/mol. The van der Waals surface area contributed by atoms with Crippen molar-refractivity contribution in [3.8, 4) is 0 Å². The predicted octanol–water partition coefficient (Wildman–Crippen LogP) is 3.79. The molecule has 34 heavy (non-hydrogen) atoms. The van der Waals surface area contributed by atoms with E-state index in [4.69, 9.17) is 9.84 Å². The normalized spacial score (nSPS) is 39.9. The van der Waals surface area contributed by atoms with Gasteiger partial charge in [0, 0.05) is 30.4 Å². The summed E-state index contributed by atoms with van der Waals surface area (Å²) >= 11 is 3.93. The summed E-state index contributed by atoms with van der Waals surface area (Å²) < 4.78 is 5.94. The zero-order valence-corrected chi connectivity index (χ0v) is 21.3. The van der Waals surface area contributed by atoms with Crippen LogP contribution >= 0.6 is 12.6 Å². The van der Waals surface area contributed by atoms with E-state index in [1.807, 2.05) is 0 Å². The number of hydrogen-bond acceptors (Lipinski definition) is 6. The quantitative estimate of drug-likeness (QED) is 0.368. The molecule has 2 N–H and O–H groups in total. The highest BCUT2D eigenvalue weighted by Gasteiger charge is 2.61. The summed E-state index contributed by atoms with van der Waals surface area (Å²) in [6.07, 6.45) is 8.66. The molecule has 0 aliphatic heterocycles. The maximum atomic E-state index is 12.6. The molecule has 0 bridgehead atoms. The van der Waals surface area contributed by atoms with Gasteiger partial charge >= 0.3 is 11.9 Å². The van der Waals surface area contributed by atoms with Crippen LogP contribution in [0.25, 0.3) is 0 Å². The van der Waals surface area contributed by atoms with Crippen LogP contribution in [-0.2, 0) is 23.9 Å². The number of amides is 1. The number of thiol groups is 1. The molecule has 0 saturated heterocycles. The van der Waals surface area contributed by atoms with E-state index in [2.05, 4.69) is 31.8 Å².